The van der Waals surface area contributed by atoms with Crippen molar-refractivity contribution in [3.05, 3.63) is 23.5 Å². The average molecular weight is 267 g/mol. The number of anilines is 1. The lowest BCUT2D eigenvalue weighted by Gasteiger charge is -2.14. The van der Waals surface area contributed by atoms with E-state index in [1.165, 1.54) is 0 Å². The predicted molar refractivity (Wildman–Crippen MR) is 74.4 cm³/mol. The van der Waals surface area contributed by atoms with E-state index in [0.717, 1.165) is 37.0 Å². The third-order valence-corrected chi connectivity index (χ3v) is 3.22. The van der Waals surface area contributed by atoms with E-state index in [-0.39, 0.29) is 5.82 Å². The molecular weight excluding hydrogens is 245 g/mol. The normalized spacial score (nSPS) is 14.5. The summed E-state index contributed by atoms with van der Waals surface area (Å²) in [6.45, 7) is 3.27. The zero-order valence-corrected chi connectivity index (χ0v) is 11.7. The number of hydrogen-bond acceptors (Lipinski definition) is 3. The van der Waals surface area contributed by atoms with Crippen molar-refractivity contribution in [2.75, 3.05) is 25.6 Å². The van der Waals surface area contributed by atoms with Crippen molar-refractivity contribution < 1.29 is 13.9 Å². The molecule has 1 aromatic rings. The predicted octanol–water partition coefficient (Wildman–Crippen LogP) is 3.38. The molecule has 0 amide bonds. The Labute approximate surface area is 114 Å². The lowest BCUT2D eigenvalue weighted by Crippen LogP contribution is -2.07. The van der Waals surface area contributed by atoms with Crippen molar-refractivity contribution in [2.45, 2.75) is 38.6 Å². The van der Waals surface area contributed by atoms with Crippen molar-refractivity contribution in [3.8, 4) is 5.75 Å². The van der Waals surface area contributed by atoms with Gasteiger partial charge in [-0.1, -0.05) is 6.92 Å². The topological polar surface area (TPSA) is 30.5 Å². The van der Waals surface area contributed by atoms with E-state index < -0.39 is 0 Å². The van der Waals surface area contributed by atoms with Crippen molar-refractivity contribution in [2.24, 2.45) is 0 Å². The Morgan fingerprint density at radius 2 is 2.11 bits per heavy atom. The Morgan fingerprint density at radius 1 is 1.32 bits per heavy atom. The van der Waals surface area contributed by atoms with Gasteiger partial charge in [0, 0.05) is 32.2 Å². The van der Waals surface area contributed by atoms with Crippen molar-refractivity contribution >= 4 is 5.69 Å². The van der Waals surface area contributed by atoms with Gasteiger partial charge in [-0.05, 0) is 30.9 Å². The molecule has 1 saturated carbocycles. The third-order valence-electron chi connectivity index (χ3n) is 3.22. The van der Waals surface area contributed by atoms with E-state index in [9.17, 15) is 4.39 Å². The molecular formula is C15H22FNO2. The SMILES string of the molecule is CCc1cc(F)c(NC2CC2)cc1OCCCOC. The number of hydrogen-bond donors (Lipinski definition) is 1. The third kappa shape index (κ3) is 4.10. The molecule has 1 N–H and O–H groups in total. The van der Waals surface area contributed by atoms with Crippen LogP contribution in [0.4, 0.5) is 10.1 Å². The van der Waals surface area contributed by atoms with Crippen LogP contribution in [0.3, 0.4) is 0 Å². The van der Waals surface area contributed by atoms with E-state index in [0.29, 0.717) is 24.9 Å². The maximum absolute atomic E-state index is 13.9. The fraction of sp³-hybridized carbons (Fsp3) is 0.600. The highest BCUT2D eigenvalue weighted by Crippen LogP contribution is 2.31. The van der Waals surface area contributed by atoms with Crippen LogP contribution in [0.15, 0.2) is 12.1 Å². The molecule has 3 nitrogen and oxygen atoms in total. The molecule has 1 aliphatic rings. The maximum atomic E-state index is 13.9. The zero-order valence-electron chi connectivity index (χ0n) is 11.7. The molecule has 1 fully saturated rings. The second-order valence-corrected chi connectivity index (χ2v) is 4.91. The minimum Gasteiger partial charge on any atom is -0.493 e. The minimum absolute atomic E-state index is 0.187. The first kappa shape index (κ1) is 14.1. The second-order valence-electron chi connectivity index (χ2n) is 4.91. The van der Waals surface area contributed by atoms with Crippen molar-refractivity contribution in [3.63, 3.8) is 0 Å². The van der Waals surface area contributed by atoms with Gasteiger partial charge in [-0.15, -0.1) is 0 Å². The second kappa shape index (κ2) is 6.75. The molecule has 19 heavy (non-hydrogen) atoms. The molecule has 0 heterocycles. The molecule has 2 rings (SSSR count). The summed E-state index contributed by atoms with van der Waals surface area (Å²) in [5, 5.41) is 3.20. The van der Waals surface area contributed by atoms with Crippen LogP contribution in [-0.2, 0) is 11.2 Å². The number of ether oxygens (including phenoxy) is 2. The zero-order chi connectivity index (χ0) is 13.7. The van der Waals surface area contributed by atoms with Gasteiger partial charge in [0.25, 0.3) is 0 Å². The van der Waals surface area contributed by atoms with Gasteiger partial charge in [-0.2, -0.15) is 0 Å². The van der Waals surface area contributed by atoms with E-state index in [4.69, 9.17) is 9.47 Å². The van der Waals surface area contributed by atoms with E-state index >= 15 is 0 Å². The summed E-state index contributed by atoms with van der Waals surface area (Å²) in [6, 6.07) is 3.80. The lowest BCUT2D eigenvalue weighted by atomic mass is 10.1. The number of rotatable bonds is 8. The monoisotopic (exact) mass is 267 g/mol. The summed E-state index contributed by atoms with van der Waals surface area (Å²) in [5.41, 5.74) is 1.47. The van der Waals surface area contributed by atoms with Crippen LogP contribution in [-0.4, -0.2) is 26.4 Å². The van der Waals surface area contributed by atoms with Gasteiger partial charge in [-0.3, -0.25) is 0 Å². The highest BCUT2D eigenvalue weighted by molar-refractivity contribution is 5.54. The van der Waals surface area contributed by atoms with Gasteiger partial charge < -0.3 is 14.8 Å². The van der Waals surface area contributed by atoms with Crippen LogP contribution >= 0.6 is 0 Å². The van der Waals surface area contributed by atoms with E-state index in [2.05, 4.69) is 5.32 Å². The fourth-order valence-corrected chi connectivity index (χ4v) is 1.95. The first-order valence-corrected chi connectivity index (χ1v) is 6.95. The highest BCUT2D eigenvalue weighted by atomic mass is 19.1. The maximum Gasteiger partial charge on any atom is 0.146 e. The molecule has 0 bridgehead atoms. The summed E-state index contributed by atoms with van der Waals surface area (Å²) >= 11 is 0. The summed E-state index contributed by atoms with van der Waals surface area (Å²) in [5.74, 6) is 0.594. The molecule has 0 spiro atoms. The molecule has 0 unspecified atom stereocenters. The number of aryl methyl sites for hydroxylation is 1. The van der Waals surface area contributed by atoms with Crippen LogP contribution in [0.5, 0.6) is 5.75 Å². The summed E-state index contributed by atoms with van der Waals surface area (Å²) in [7, 11) is 1.67. The highest BCUT2D eigenvalue weighted by Gasteiger charge is 2.22. The van der Waals surface area contributed by atoms with Crippen LogP contribution in [0.1, 0.15) is 31.7 Å². The summed E-state index contributed by atoms with van der Waals surface area (Å²) < 4.78 is 24.6. The average Bonchev–Trinajstić information content (AvgIpc) is 3.21. The molecule has 0 aromatic heterocycles. The summed E-state index contributed by atoms with van der Waals surface area (Å²) in [4.78, 5) is 0. The Balaban J connectivity index is 2.04. The van der Waals surface area contributed by atoms with Crippen LogP contribution < -0.4 is 10.1 Å². The van der Waals surface area contributed by atoms with Crippen molar-refractivity contribution in [1.82, 2.24) is 0 Å². The Hall–Kier alpha value is -1.29. The molecule has 0 atom stereocenters. The molecule has 0 saturated heterocycles. The molecule has 1 aromatic carbocycles. The van der Waals surface area contributed by atoms with Crippen molar-refractivity contribution in [1.29, 1.82) is 0 Å². The van der Waals surface area contributed by atoms with Gasteiger partial charge in [0.2, 0.25) is 0 Å². The Bertz CT molecular complexity index is 419. The molecule has 1 aliphatic carbocycles. The van der Waals surface area contributed by atoms with Gasteiger partial charge in [0.05, 0.1) is 12.3 Å². The smallest absolute Gasteiger partial charge is 0.146 e. The fourth-order valence-electron chi connectivity index (χ4n) is 1.95. The Morgan fingerprint density at radius 3 is 2.74 bits per heavy atom. The number of benzene rings is 1. The van der Waals surface area contributed by atoms with Gasteiger partial charge >= 0.3 is 0 Å². The van der Waals surface area contributed by atoms with Crippen LogP contribution in [0, 0.1) is 5.82 Å². The summed E-state index contributed by atoms with van der Waals surface area (Å²) in [6.07, 6.45) is 3.85. The van der Waals surface area contributed by atoms with Crippen LogP contribution in [0.2, 0.25) is 0 Å². The van der Waals surface area contributed by atoms with E-state index in [1.54, 1.807) is 19.2 Å². The number of halogens is 1. The standard InChI is InChI=1S/C15H22FNO2/c1-3-11-9-13(16)14(17-12-5-6-12)10-15(11)19-8-4-7-18-2/h9-10,12,17H,3-8H2,1-2H3. The minimum atomic E-state index is -0.187. The molecule has 0 radical (unpaired) electrons. The van der Waals surface area contributed by atoms with Crippen LogP contribution in [0.25, 0.3) is 0 Å². The van der Waals surface area contributed by atoms with Gasteiger partial charge in [-0.25, -0.2) is 4.39 Å². The van der Waals surface area contributed by atoms with Gasteiger partial charge in [0.1, 0.15) is 11.6 Å². The van der Waals surface area contributed by atoms with E-state index in [1.807, 2.05) is 6.92 Å². The first-order valence-electron chi connectivity index (χ1n) is 6.95. The molecule has 0 aliphatic heterocycles. The first-order chi connectivity index (χ1) is 9.24. The lowest BCUT2D eigenvalue weighted by molar-refractivity contribution is 0.172. The number of nitrogens with one attached hydrogen (secondary N) is 1. The molecule has 106 valence electrons. The molecule has 4 heteroatoms. The Kier molecular flexibility index (Phi) is 5.02. The quantitative estimate of drug-likeness (QED) is 0.732. The number of methoxy groups -OCH3 is 1. The van der Waals surface area contributed by atoms with Gasteiger partial charge in [0.15, 0.2) is 0 Å². The largest absolute Gasteiger partial charge is 0.493 e.